The third kappa shape index (κ3) is 19.8. The summed E-state index contributed by atoms with van der Waals surface area (Å²) in [4.78, 5) is 0. The van der Waals surface area contributed by atoms with Crippen LogP contribution in [0.15, 0.2) is 73.1 Å². The Balaban J connectivity index is 0. The van der Waals surface area contributed by atoms with E-state index in [2.05, 4.69) is 36.5 Å². The van der Waals surface area contributed by atoms with Crippen molar-refractivity contribution in [3.05, 3.63) is 90.0 Å². The van der Waals surface area contributed by atoms with Gasteiger partial charge >= 0.3 is 26.3 Å². The molecular formula is C26H36F5N5O7S3. The summed E-state index contributed by atoms with van der Waals surface area (Å²) in [5.74, 6) is 0.326. The summed E-state index contributed by atoms with van der Waals surface area (Å²) < 4.78 is 129. The molecule has 1 N–H and O–H groups in total. The fraction of sp³-hybridized carbons (Fsp3) is 0.385. The molecule has 0 amide bonds. The van der Waals surface area contributed by atoms with Crippen molar-refractivity contribution in [1.29, 1.82) is 5.26 Å². The third-order valence-corrected chi connectivity index (χ3v) is 7.49. The molecule has 12 nitrogen and oxygen atoms in total. The average molecular weight is 722 g/mol. The lowest BCUT2D eigenvalue weighted by molar-refractivity contribution is -0.676. The van der Waals surface area contributed by atoms with Crippen molar-refractivity contribution in [2.45, 2.75) is 46.3 Å². The summed E-state index contributed by atoms with van der Waals surface area (Å²) in [6, 6.07) is 21.1. The van der Waals surface area contributed by atoms with Crippen molar-refractivity contribution in [3.8, 4) is 6.07 Å². The van der Waals surface area contributed by atoms with Crippen molar-refractivity contribution in [2.75, 3.05) is 13.1 Å². The van der Waals surface area contributed by atoms with E-state index >= 15 is 0 Å². The highest BCUT2D eigenvalue weighted by molar-refractivity contribution is 7.86. The smallest absolute Gasteiger partial charge is 0.485 e. The molecule has 260 valence electrons. The fourth-order valence-electron chi connectivity index (χ4n) is 2.76. The number of rotatable bonds is 8. The maximum Gasteiger partial charge on any atom is 0.485 e. The molecule has 1 aromatic heterocycles. The second-order valence-corrected chi connectivity index (χ2v) is 12.4. The molecule has 0 saturated heterocycles. The van der Waals surface area contributed by atoms with Crippen LogP contribution in [0.25, 0.3) is 0 Å². The Hall–Kier alpha value is -3.48. The summed E-state index contributed by atoms with van der Waals surface area (Å²) in [6.45, 7) is 8.89. The number of aryl methyl sites for hydroxylation is 1. The minimum Gasteiger partial charge on any atom is -0.741 e. The van der Waals surface area contributed by atoms with E-state index in [1.807, 2.05) is 12.1 Å². The summed E-state index contributed by atoms with van der Waals surface area (Å²) in [5, 5.41) is 10.6. The summed E-state index contributed by atoms with van der Waals surface area (Å²) in [5.41, 5.74) is -3.52. The van der Waals surface area contributed by atoms with Crippen LogP contribution < -0.4 is 9.88 Å². The van der Waals surface area contributed by atoms with Gasteiger partial charge in [-0.3, -0.25) is 0 Å². The highest BCUT2D eigenvalue weighted by Gasteiger charge is 2.37. The van der Waals surface area contributed by atoms with Gasteiger partial charge in [-0.2, -0.15) is 39.6 Å². The molecule has 3 rings (SSSR count). The van der Waals surface area contributed by atoms with Crippen LogP contribution in [-0.4, -0.2) is 56.7 Å². The quantitative estimate of drug-likeness (QED) is 0.119. The molecule has 0 aliphatic rings. The normalized spacial score (nSPS) is 11.2. The third-order valence-electron chi connectivity index (χ3n) is 5.06. The van der Waals surface area contributed by atoms with Gasteiger partial charge in [0.2, 0.25) is 0 Å². The van der Waals surface area contributed by atoms with Crippen molar-refractivity contribution in [3.63, 3.8) is 0 Å². The number of nitriles is 1. The van der Waals surface area contributed by atoms with E-state index in [0.717, 1.165) is 29.2 Å². The molecular weight excluding hydrogens is 686 g/mol. The predicted molar refractivity (Wildman–Crippen MR) is 159 cm³/mol. The molecule has 20 heteroatoms. The summed E-state index contributed by atoms with van der Waals surface area (Å²) >= 11 is 0. The number of nitrogens with zero attached hydrogens (tertiary/aromatic N) is 4. The van der Waals surface area contributed by atoms with Crippen molar-refractivity contribution in [1.82, 2.24) is 13.6 Å². The Kier molecular flexibility index (Phi) is 20.7. The standard InChI is InChI=1S/C9H12FNO2S.C9H13N.C5H8FN2O2S.C2H3N.CHF3O3S/c1-2-11(14(10,12)13)8-9-6-4-3-5-7-9;1-2-10-8-9-6-4-3-5-7-9;1-5-7(2)3-4-8(5)11(6,9)10;1-2-3;2-1(3,4)8(5,6)7/h3-7H,2,8H2,1H3;3-7,10H,2,8H2,1H3;3-4H,1-2H3;1H3;(H,5,6,7)/q;;+1;;/p-1. The van der Waals surface area contributed by atoms with Gasteiger partial charge in [0.15, 0.2) is 10.1 Å². The number of alkyl halides is 3. The van der Waals surface area contributed by atoms with Crippen LogP contribution in [0.1, 0.15) is 37.7 Å². The topological polar surface area (TPSA) is 173 Å². The molecule has 1 heterocycles. The average Bonchev–Trinajstić information content (AvgIpc) is 3.30. The predicted octanol–water partition coefficient (Wildman–Crippen LogP) is 3.78. The van der Waals surface area contributed by atoms with Crippen LogP contribution in [0.3, 0.4) is 0 Å². The number of imidazole rings is 1. The van der Waals surface area contributed by atoms with Gasteiger partial charge < -0.3 is 9.87 Å². The van der Waals surface area contributed by atoms with Crippen LogP contribution >= 0.6 is 0 Å². The molecule has 0 unspecified atom stereocenters. The number of aromatic nitrogens is 2. The van der Waals surface area contributed by atoms with Gasteiger partial charge in [-0.25, -0.2) is 13.0 Å². The van der Waals surface area contributed by atoms with E-state index in [1.54, 1.807) is 44.3 Å². The second kappa shape index (κ2) is 21.3. The van der Waals surface area contributed by atoms with Gasteiger partial charge in [0.05, 0.1) is 13.1 Å². The first kappa shape index (κ1) is 44.6. The zero-order valence-electron chi connectivity index (χ0n) is 25.5. The molecule has 46 heavy (non-hydrogen) atoms. The number of benzene rings is 2. The van der Waals surface area contributed by atoms with E-state index in [-0.39, 0.29) is 13.1 Å². The lowest BCUT2D eigenvalue weighted by atomic mass is 10.2. The fourth-order valence-corrected chi connectivity index (χ4v) is 4.01. The maximum absolute atomic E-state index is 12.6. The van der Waals surface area contributed by atoms with E-state index in [9.17, 15) is 37.8 Å². The highest BCUT2D eigenvalue weighted by Crippen LogP contribution is 2.20. The van der Waals surface area contributed by atoms with E-state index in [1.165, 1.54) is 30.2 Å². The Labute approximate surface area is 267 Å². The monoisotopic (exact) mass is 721 g/mol. The van der Waals surface area contributed by atoms with Gasteiger partial charge in [-0.15, -0.1) is 0 Å². The lowest BCUT2D eigenvalue weighted by Gasteiger charge is -2.14. The minimum atomic E-state index is -6.09. The first-order valence-electron chi connectivity index (χ1n) is 12.9. The molecule has 2 aromatic carbocycles. The Morgan fingerprint density at radius 2 is 1.35 bits per heavy atom. The van der Waals surface area contributed by atoms with Gasteiger partial charge in [0.1, 0.15) is 12.4 Å². The van der Waals surface area contributed by atoms with E-state index < -0.39 is 36.4 Å². The van der Waals surface area contributed by atoms with Crippen molar-refractivity contribution in [2.24, 2.45) is 7.05 Å². The summed E-state index contributed by atoms with van der Waals surface area (Å²) in [7, 11) is -13.7. The van der Waals surface area contributed by atoms with Crippen LogP contribution in [0.2, 0.25) is 0 Å². The molecule has 0 atom stereocenters. The molecule has 0 radical (unpaired) electrons. The van der Waals surface area contributed by atoms with Gasteiger partial charge in [-0.05, 0) is 17.7 Å². The molecule has 0 spiro atoms. The minimum absolute atomic E-state index is 0.0795. The van der Waals surface area contributed by atoms with Gasteiger partial charge in [-0.1, -0.05) is 86.3 Å². The largest absolute Gasteiger partial charge is 0.741 e. The van der Waals surface area contributed by atoms with E-state index in [0.29, 0.717) is 9.80 Å². The van der Waals surface area contributed by atoms with Gasteiger partial charge in [0.25, 0.3) is 5.82 Å². The van der Waals surface area contributed by atoms with E-state index in [4.69, 9.17) is 18.2 Å². The molecule has 0 bridgehead atoms. The zero-order valence-corrected chi connectivity index (χ0v) is 28.0. The first-order valence-corrected chi connectivity index (χ1v) is 17.0. The Bertz CT molecular complexity index is 1650. The van der Waals surface area contributed by atoms with Crippen molar-refractivity contribution >= 4 is 30.9 Å². The molecule has 3 aromatic rings. The van der Waals surface area contributed by atoms with Crippen LogP contribution in [0, 0.1) is 18.3 Å². The highest BCUT2D eigenvalue weighted by atomic mass is 32.3. The van der Waals surface area contributed by atoms with Gasteiger partial charge in [0, 0.05) is 33.5 Å². The zero-order chi connectivity index (χ0) is 36.2. The van der Waals surface area contributed by atoms with Crippen molar-refractivity contribution < 1.29 is 55.3 Å². The maximum atomic E-state index is 12.6. The number of halogens is 5. The Morgan fingerprint density at radius 3 is 1.61 bits per heavy atom. The van der Waals surface area contributed by atoms with Crippen LogP contribution in [-0.2, 0) is 51.1 Å². The molecule has 0 aliphatic carbocycles. The lowest BCUT2D eigenvalue weighted by Crippen LogP contribution is -2.30. The Morgan fingerprint density at radius 1 is 0.935 bits per heavy atom. The molecule has 0 saturated carbocycles. The molecule has 0 aliphatic heterocycles. The number of hydrogen-bond acceptors (Lipinski definition) is 9. The second-order valence-electron chi connectivity index (χ2n) is 8.44. The first-order chi connectivity index (χ1) is 21.1. The number of hydrogen-bond donors (Lipinski definition) is 1. The van der Waals surface area contributed by atoms with Crippen LogP contribution in [0.4, 0.5) is 20.9 Å². The number of nitrogens with one attached hydrogen (secondary N) is 1. The SMILES string of the molecule is CC#N.CCN(Cc1ccccc1)S(=O)(=O)F.CCNCc1ccccc1.Cc1n(S(=O)(=O)F)cc[n+]1C.O=S(=O)([O-])C(F)(F)F. The summed E-state index contributed by atoms with van der Waals surface area (Å²) in [6.07, 6.45) is 2.62. The van der Waals surface area contributed by atoms with Crippen LogP contribution in [0.5, 0.6) is 0 Å². The molecule has 0 fully saturated rings.